The van der Waals surface area contributed by atoms with E-state index in [-0.39, 0.29) is 33.6 Å². The van der Waals surface area contributed by atoms with Crippen LogP contribution in [0.4, 0.5) is 0 Å². The minimum Gasteiger partial charge on any atom is -0.483 e. The number of carbonyl (C=O) groups is 1. The van der Waals surface area contributed by atoms with Crippen LogP contribution >= 0.6 is 55.1 Å². The summed E-state index contributed by atoms with van der Waals surface area (Å²) in [6, 6.07) is 8.22. The number of nitrogens with zero attached hydrogens (tertiary/aromatic N) is 1. The van der Waals surface area contributed by atoms with Crippen LogP contribution in [0.25, 0.3) is 11.0 Å². The fourth-order valence-electron chi connectivity index (χ4n) is 2.21. The first-order valence-corrected chi connectivity index (χ1v) is 9.99. The minimum absolute atomic E-state index is 0.128. The predicted molar refractivity (Wildman–Crippen MR) is 116 cm³/mol. The quantitative estimate of drug-likeness (QED) is 0.353. The summed E-state index contributed by atoms with van der Waals surface area (Å²) in [6.45, 7) is -0.255. The molecule has 0 aliphatic carbocycles. The third-order valence-corrected chi connectivity index (χ3v) is 5.08. The first-order chi connectivity index (χ1) is 13.3. The molecule has 1 amide bonds. The van der Waals surface area contributed by atoms with E-state index in [0.717, 1.165) is 4.47 Å². The Morgan fingerprint density at radius 1 is 1.25 bits per heavy atom. The van der Waals surface area contributed by atoms with Crippen molar-refractivity contribution in [3.63, 3.8) is 0 Å². The summed E-state index contributed by atoms with van der Waals surface area (Å²) >= 11 is 18.6. The Labute approximate surface area is 185 Å². The van der Waals surface area contributed by atoms with E-state index in [1.54, 1.807) is 18.2 Å². The smallest absolute Gasteiger partial charge is 0.277 e. The van der Waals surface area contributed by atoms with Gasteiger partial charge in [0.05, 0.1) is 26.7 Å². The van der Waals surface area contributed by atoms with Crippen molar-refractivity contribution < 1.29 is 13.9 Å². The first-order valence-electron chi connectivity index (χ1n) is 7.65. The molecule has 0 spiro atoms. The molecular weight excluding hydrogens is 539 g/mol. The van der Waals surface area contributed by atoms with Crippen molar-refractivity contribution in [3.05, 3.63) is 71.4 Å². The number of nitrogens with one attached hydrogen (secondary N) is 1. The van der Waals surface area contributed by atoms with E-state index in [1.807, 2.05) is 0 Å². The number of carbonyl (C=O) groups excluding carboxylic acids is 1. The van der Waals surface area contributed by atoms with Gasteiger partial charge in [0.2, 0.25) is 5.43 Å². The molecule has 3 aromatic rings. The Balaban J connectivity index is 1.66. The minimum atomic E-state index is -0.498. The summed E-state index contributed by atoms with van der Waals surface area (Å²) in [5, 5.41) is 4.51. The third kappa shape index (κ3) is 4.94. The molecule has 0 atom stereocenters. The number of ether oxygens (including phenoxy) is 1. The average Bonchev–Trinajstić information content (AvgIpc) is 2.63. The lowest BCUT2D eigenvalue weighted by Gasteiger charge is -2.07. The molecule has 28 heavy (non-hydrogen) atoms. The van der Waals surface area contributed by atoms with Crippen LogP contribution in [-0.4, -0.2) is 18.7 Å². The first kappa shape index (κ1) is 20.9. The topological polar surface area (TPSA) is 80.9 Å². The predicted octanol–water partition coefficient (Wildman–Crippen LogP) is 5.15. The van der Waals surface area contributed by atoms with Crippen molar-refractivity contribution in [2.24, 2.45) is 5.10 Å². The Morgan fingerprint density at radius 2 is 2.04 bits per heavy atom. The summed E-state index contributed by atoms with van der Waals surface area (Å²) in [4.78, 5) is 24.3. The van der Waals surface area contributed by atoms with Crippen molar-refractivity contribution >= 4 is 78.2 Å². The fourth-order valence-corrected chi connectivity index (χ4v) is 3.91. The van der Waals surface area contributed by atoms with E-state index < -0.39 is 5.91 Å². The number of halogens is 4. The molecule has 0 bridgehead atoms. The van der Waals surface area contributed by atoms with Crippen LogP contribution in [0.1, 0.15) is 5.56 Å². The van der Waals surface area contributed by atoms with E-state index >= 15 is 0 Å². The van der Waals surface area contributed by atoms with Crippen molar-refractivity contribution in [1.29, 1.82) is 0 Å². The molecule has 1 heterocycles. The lowest BCUT2D eigenvalue weighted by atomic mass is 10.2. The Kier molecular flexibility index (Phi) is 6.77. The van der Waals surface area contributed by atoms with Gasteiger partial charge in [-0.3, -0.25) is 9.59 Å². The molecule has 1 aromatic heterocycles. The van der Waals surface area contributed by atoms with Gasteiger partial charge in [-0.05, 0) is 46.3 Å². The molecule has 0 fully saturated rings. The van der Waals surface area contributed by atoms with Crippen molar-refractivity contribution in [2.75, 3.05) is 6.61 Å². The normalized spacial score (nSPS) is 11.1. The SMILES string of the molecule is O=C(COc1ccc(Br)cc1Br)N/N=C\c1coc2c(Cl)cc(Cl)cc2c1=O. The Hall–Kier alpha value is -1.87. The maximum absolute atomic E-state index is 12.5. The Morgan fingerprint density at radius 3 is 2.79 bits per heavy atom. The van der Waals surface area contributed by atoms with E-state index in [9.17, 15) is 9.59 Å². The monoisotopic (exact) mass is 546 g/mol. The van der Waals surface area contributed by atoms with Crippen molar-refractivity contribution in [3.8, 4) is 5.75 Å². The highest BCUT2D eigenvalue weighted by molar-refractivity contribution is 9.11. The molecule has 0 aliphatic heterocycles. The van der Waals surface area contributed by atoms with E-state index in [0.29, 0.717) is 15.2 Å². The standard InChI is InChI=1S/C18H10Br2Cl2N2O4/c19-10-1-2-15(13(20)3-10)27-8-16(25)24-23-6-9-7-28-18-12(17(9)26)4-11(21)5-14(18)22/h1-7H,8H2,(H,24,25)/b23-6-. The molecule has 0 radical (unpaired) electrons. The number of amides is 1. The molecule has 1 N–H and O–H groups in total. The number of rotatable bonds is 5. The summed E-state index contributed by atoms with van der Waals surface area (Å²) in [5.74, 6) is 0.00796. The van der Waals surface area contributed by atoms with Crippen LogP contribution in [0.3, 0.4) is 0 Å². The van der Waals surface area contributed by atoms with Crippen molar-refractivity contribution in [1.82, 2.24) is 5.43 Å². The zero-order valence-corrected chi connectivity index (χ0v) is 18.5. The largest absolute Gasteiger partial charge is 0.483 e. The number of hydrazone groups is 1. The highest BCUT2D eigenvalue weighted by Gasteiger charge is 2.10. The van der Waals surface area contributed by atoms with Gasteiger partial charge in [-0.15, -0.1) is 0 Å². The van der Waals surface area contributed by atoms with Gasteiger partial charge < -0.3 is 9.15 Å². The zero-order chi connectivity index (χ0) is 20.3. The molecule has 0 aliphatic rings. The van der Waals surface area contributed by atoms with Crippen LogP contribution in [0.2, 0.25) is 10.0 Å². The summed E-state index contributed by atoms with van der Waals surface area (Å²) in [7, 11) is 0. The highest BCUT2D eigenvalue weighted by atomic mass is 79.9. The summed E-state index contributed by atoms with van der Waals surface area (Å²) in [5.41, 5.74) is 2.26. The second-order valence-corrected chi connectivity index (χ2v) is 8.05. The van der Waals surface area contributed by atoms with E-state index in [1.165, 1.54) is 24.6 Å². The maximum Gasteiger partial charge on any atom is 0.277 e. The molecule has 0 saturated carbocycles. The average molecular weight is 549 g/mol. The number of hydrogen-bond donors (Lipinski definition) is 1. The van der Waals surface area contributed by atoms with Crippen LogP contribution in [0.15, 0.2) is 59.9 Å². The number of hydrogen-bond acceptors (Lipinski definition) is 5. The second kappa shape index (κ2) is 9.09. The van der Waals surface area contributed by atoms with Crippen LogP contribution < -0.4 is 15.6 Å². The highest BCUT2D eigenvalue weighted by Crippen LogP contribution is 2.28. The van der Waals surface area contributed by atoms with Gasteiger partial charge >= 0.3 is 0 Å². The maximum atomic E-state index is 12.5. The van der Waals surface area contributed by atoms with E-state index in [2.05, 4.69) is 42.4 Å². The fraction of sp³-hybridized carbons (Fsp3) is 0.0556. The van der Waals surface area contributed by atoms with Gasteiger partial charge in [-0.1, -0.05) is 39.1 Å². The van der Waals surface area contributed by atoms with Gasteiger partial charge in [-0.25, -0.2) is 5.43 Å². The van der Waals surface area contributed by atoms with E-state index in [4.69, 9.17) is 32.4 Å². The third-order valence-electron chi connectivity index (χ3n) is 3.46. The van der Waals surface area contributed by atoms with Gasteiger partial charge in [0.25, 0.3) is 5.91 Å². The number of benzene rings is 2. The zero-order valence-electron chi connectivity index (χ0n) is 13.8. The number of fused-ring (bicyclic) bond motifs is 1. The van der Waals surface area contributed by atoms with Crippen LogP contribution in [-0.2, 0) is 4.79 Å². The molecule has 2 aromatic carbocycles. The van der Waals surface area contributed by atoms with Crippen LogP contribution in [0, 0.1) is 0 Å². The second-order valence-electron chi connectivity index (χ2n) is 5.44. The molecule has 3 rings (SSSR count). The van der Waals surface area contributed by atoms with Gasteiger partial charge in [0, 0.05) is 9.50 Å². The summed E-state index contributed by atoms with van der Waals surface area (Å²) < 4.78 is 12.3. The lowest BCUT2D eigenvalue weighted by molar-refractivity contribution is -0.123. The Bertz CT molecular complexity index is 1150. The van der Waals surface area contributed by atoms with Gasteiger partial charge in [0.1, 0.15) is 12.0 Å². The molecular formula is C18H10Br2Cl2N2O4. The lowest BCUT2D eigenvalue weighted by Crippen LogP contribution is -2.25. The van der Waals surface area contributed by atoms with Crippen LogP contribution in [0.5, 0.6) is 5.75 Å². The van der Waals surface area contributed by atoms with Gasteiger partial charge in [-0.2, -0.15) is 5.10 Å². The van der Waals surface area contributed by atoms with Crippen molar-refractivity contribution in [2.45, 2.75) is 0 Å². The molecule has 0 unspecified atom stereocenters. The van der Waals surface area contributed by atoms with Gasteiger partial charge in [0.15, 0.2) is 12.2 Å². The molecule has 10 heteroatoms. The molecule has 0 saturated heterocycles. The summed E-state index contributed by atoms with van der Waals surface area (Å²) in [6.07, 6.45) is 2.38. The molecule has 6 nitrogen and oxygen atoms in total. The molecule has 144 valence electrons.